The van der Waals surface area contributed by atoms with E-state index >= 15 is 0 Å². The Labute approximate surface area is 229 Å². The topological polar surface area (TPSA) is 50.1 Å². The number of hydrogen-bond acceptors (Lipinski definition) is 5. The van der Waals surface area contributed by atoms with Gasteiger partial charge >= 0.3 is 12.4 Å². The van der Waals surface area contributed by atoms with Gasteiger partial charge in [-0.25, -0.2) is 9.37 Å². The molecule has 2 aromatic heterocycles. The maximum atomic E-state index is 14.0. The minimum atomic E-state index is -4.89. The largest absolute Gasteiger partial charge is 0.436 e. The number of anilines is 1. The van der Waals surface area contributed by atoms with Gasteiger partial charge in [-0.15, -0.1) is 10.2 Å². The van der Waals surface area contributed by atoms with Crippen molar-refractivity contribution in [2.75, 3.05) is 18.0 Å². The molecule has 1 aliphatic carbocycles. The normalized spacial score (nSPS) is 19.6. The lowest BCUT2D eigenvalue weighted by molar-refractivity contribution is -0.224. The zero-order valence-electron chi connectivity index (χ0n) is 21.4. The molecule has 14 heteroatoms. The van der Waals surface area contributed by atoms with E-state index in [0.29, 0.717) is 53.9 Å². The van der Waals surface area contributed by atoms with Crippen molar-refractivity contribution in [3.63, 3.8) is 0 Å². The molecule has 0 atom stereocenters. The first kappa shape index (κ1) is 27.3. The number of fused-ring (bicyclic) bond motifs is 3. The van der Waals surface area contributed by atoms with Gasteiger partial charge in [0.1, 0.15) is 17.2 Å². The third-order valence-corrected chi connectivity index (χ3v) is 8.65. The Bertz CT molecular complexity index is 1470. The molecule has 0 amide bonds. The smallest absolute Gasteiger partial charge is 0.355 e. The Morgan fingerprint density at radius 3 is 2.30 bits per heavy atom. The van der Waals surface area contributed by atoms with Crippen LogP contribution in [0.1, 0.15) is 55.5 Å². The van der Waals surface area contributed by atoms with Crippen molar-refractivity contribution in [1.29, 1.82) is 0 Å². The summed E-state index contributed by atoms with van der Waals surface area (Å²) < 4.78 is 96.7. The summed E-state index contributed by atoms with van der Waals surface area (Å²) in [6.45, 7) is 3.13. The van der Waals surface area contributed by atoms with Crippen molar-refractivity contribution < 1.29 is 30.7 Å². The van der Waals surface area contributed by atoms with Crippen LogP contribution in [-0.4, -0.2) is 49.5 Å². The first-order valence-electron chi connectivity index (χ1n) is 12.6. The second kappa shape index (κ2) is 8.78. The lowest BCUT2D eigenvalue weighted by Gasteiger charge is -2.59. The Kier molecular flexibility index (Phi) is 5.98. The van der Waals surface area contributed by atoms with Crippen molar-refractivity contribution in [1.82, 2.24) is 24.6 Å². The van der Waals surface area contributed by atoms with Gasteiger partial charge in [-0.1, -0.05) is 11.6 Å². The van der Waals surface area contributed by atoms with Crippen molar-refractivity contribution in [2.24, 2.45) is 5.41 Å². The van der Waals surface area contributed by atoms with Crippen LogP contribution in [0.5, 0.6) is 0 Å². The van der Waals surface area contributed by atoms with Crippen LogP contribution < -0.4 is 4.90 Å². The Morgan fingerprint density at radius 2 is 1.65 bits per heavy atom. The summed E-state index contributed by atoms with van der Waals surface area (Å²) in [6.07, 6.45) is -8.02. The highest BCUT2D eigenvalue weighted by atomic mass is 35.5. The number of halogens is 8. The van der Waals surface area contributed by atoms with Crippen LogP contribution in [0.15, 0.2) is 30.3 Å². The average molecular weight is 589 g/mol. The first-order valence-corrected chi connectivity index (χ1v) is 13.0. The monoisotopic (exact) mass is 588 g/mol. The van der Waals surface area contributed by atoms with E-state index in [1.807, 2.05) is 4.57 Å². The van der Waals surface area contributed by atoms with E-state index in [1.165, 1.54) is 11.0 Å². The number of pyridine rings is 1. The van der Waals surface area contributed by atoms with E-state index in [1.54, 1.807) is 23.1 Å². The van der Waals surface area contributed by atoms with Gasteiger partial charge in [0.2, 0.25) is 0 Å². The van der Waals surface area contributed by atoms with Gasteiger partial charge < -0.3 is 4.90 Å². The van der Waals surface area contributed by atoms with Crippen molar-refractivity contribution in [3.8, 4) is 5.69 Å². The zero-order valence-corrected chi connectivity index (χ0v) is 22.2. The summed E-state index contributed by atoms with van der Waals surface area (Å²) in [7, 11) is 0. The van der Waals surface area contributed by atoms with Gasteiger partial charge in [-0.05, 0) is 62.6 Å². The highest BCUT2D eigenvalue weighted by molar-refractivity contribution is 6.30. The lowest BCUT2D eigenvalue weighted by atomic mass is 9.57. The molecule has 4 heterocycles. The molecule has 2 fully saturated rings. The first-order chi connectivity index (χ1) is 18.6. The van der Waals surface area contributed by atoms with Crippen molar-refractivity contribution in [3.05, 3.63) is 64.1 Å². The number of hydrogen-bond donors (Lipinski definition) is 0. The van der Waals surface area contributed by atoms with Crippen LogP contribution in [0.2, 0.25) is 5.02 Å². The van der Waals surface area contributed by atoms with E-state index in [9.17, 15) is 30.7 Å². The highest BCUT2D eigenvalue weighted by Gasteiger charge is 2.55. The van der Waals surface area contributed by atoms with E-state index in [2.05, 4.69) is 15.2 Å². The van der Waals surface area contributed by atoms with Gasteiger partial charge in [0.05, 0.1) is 12.2 Å². The van der Waals surface area contributed by atoms with Gasteiger partial charge in [0, 0.05) is 36.0 Å². The molecule has 1 spiro atoms. The van der Waals surface area contributed by atoms with Gasteiger partial charge in [-0.2, -0.15) is 26.3 Å². The Morgan fingerprint density at radius 1 is 0.950 bits per heavy atom. The second-order valence-electron chi connectivity index (χ2n) is 11.5. The molecule has 0 bridgehead atoms. The van der Waals surface area contributed by atoms with E-state index in [0.717, 1.165) is 19.9 Å². The van der Waals surface area contributed by atoms with Crippen molar-refractivity contribution in [2.45, 2.75) is 63.6 Å². The molecule has 0 radical (unpaired) electrons. The number of benzene rings is 1. The lowest BCUT2D eigenvalue weighted by Crippen LogP contribution is -2.62. The van der Waals surface area contributed by atoms with Gasteiger partial charge in [0.15, 0.2) is 17.3 Å². The molecule has 6 rings (SSSR count). The summed E-state index contributed by atoms with van der Waals surface area (Å²) >= 11 is 6.22. The summed E-state index contributed by atoms with van der Waals surface area (Å²) in [5.74, 6) is -0.367. The predicted molar refractivity (Wildman–Crippen MR) is 132 cm³/mol. The molecule has 1 saturated heterocycles. The summed E-state index contributed by atoms with van der Waals surface area (Å²) in [5.41, 5.74) is -2.54. The van der Waals surface area contributed by atoms with E-state index < -0.39 is 29.4 Å². The number of nitrogens with zero attached hydrogens (tertiary/aromatic N) is 6. The van der Waals surface area contributed by atoms with Crippen LogP contribution >= 0.6 is 11.6 Å². The third-order valence-electron chi connectivity index (χ3n) is 8.42. The molecule has 3 aliphatic rings. The number of aromatic nitrogens is 4. The van der Waals surface area contributed by atoms with Crippen LogP contribution in [0.25, 0.3) is 5.69 Å². The molecule has 1 aromatic carbocycles. The average Bonchev–Trinajstić information content (AvgIpc) is 3.11. The fourth-order valence-electron chi connectivity index (χ4n) is 6.02. The SMILES string of the molecule is CC(C)(N1Cc2cc(Cl)ccc2-n2c(nnc2C2CC3(C2)CN(c2ccc(F)c(C(F)(F)F)n2)C3)C1)C(F)(F)F. The minimum Gasteiger partial charge on any atom is -0.355 e. The zero-order chi connectivity index (χ0) is 28.8. The third kappa shape index (κ3) is 4.32. The Hall–Kier alpha value is -2.93. The summed E-state index contributed by atoms with van der Waals surface area (Å²) in [6, 6.07) is 7.11. The Balaban J connectivity index is 1.24. The number of alkyl halides is 6. The molecule has 1 saturated carbocycles. The highest BCUT2D eigenvalue weighted by Crippen LogP contribution is 2.57. The molecule has 6 nitrogen and oxygen atoms in total. The van der Waals surface area contributed by atoms with Crippen LogP contribution in [-0.2, 0) is 19.3 Å². The van der Waals surface area contributed by atoms with Crippen molar-refractivity contribution >= 4 is 17.4 Å². The molecule has 0 N–H and O–H groups in total. The molecular formula is C26H24ClF7N6. The second-order valence-corrected chi connectivity index (χ2v) is 11.9. The summed E-state index contributed by atoms with van der Waals surface area (Å²) in [4.78, 5) is 6.51. The molecular weight excluding hydrogens is 565 g/mol. The van der Waals surface area contributed by atoms with Gasteiger partial charge in [0.25, 0.3) is 0 Å². The summed E-state index contributed by atoms with van der Waals surface area (Å²) in [5, 5.41) is 9.09. The van der Waals surface area contributed by atoms with Crippen LogP contribution in [0.4, 0.5) is 36.6 Å². The molecule has 3 aromatic rings. The van der Waals surface area contributed by atoms with Crippen LogP contribution in [0, 0.1) is 11.2 Å². The van der Waals surface area contributed by atoms with Crippen LogP contribution in [0.3, 0.4) is 0 Å². The molecule has 0 unspecified atom stereocenters. The van der Waals surface area contributed by atoms with Gasteiger partial charge in [-0.3, -0.25) is 9.47 Å². The molecule has 40 heavy (non-hydrogen) atoms. The number of rotatable bonds is 3. The van der Waals surface area contributed by atoms with E-state index in [-0.39, 0.29) is 30.2 Å². The standard InChI is InChI=1S/C26H24ClF7N6/c1-23(2,26(32,33)34)39-10-14-7-16(27)3-5-18(14)40-20(11-39)36-37-22(40)15-8-24(9-15)12-38(13-24)19-6-4-17(28)21(35-19)25(29,30)31/h3-7,15H,8-13H2,1-2H3. The maximum absolute atomic E-state index is 14.0. The fourth-order valence-corrected chi connectivity index (χ4v) is 6.22. The minimum absolute atomic E-state index is 0.0132. The molecule has 2 aliphatic heterocycles. The van der Waals surface area contributed by atoms with E-state index in [4.69, 9.17) is 11.6 Å². The predicted octanol–water partition coefficient (Wildman–Crippen LogP) is 6.51. The fraction of sp³-hybridized carbons (Fsp3) is 0.500. The molecule has 214 valence electrons. The quantitative estimate of drug-likeness (QED) is 0.326. The maximum Gasteiger partial charge on any atom is 0.436 e.